The summed E-state index contributed by atoms with van der Waals surface area (Å²) >= 11 is 0. The van der Waals surface area contributed by atoms with Crippen molar-refractivity contribution < 1.29 is 9.32 Å². The zero-order chi connectivity index (χ0) is 16.8. The first-order chi connectivity index (χ1) is 11.0. The molecule has 1 N–H and O–H groups in total. The standard InChI is InChI=1S/C18H25N3O2/c1-12(2)17(18-19-14(4)21-23-18)20-16(22)7-5-6-15-10-8-13(3)9-11-15/h8-12,17H,5-7H2,1-4H3,(H,20,22)/t17-/m0/s1. The second kappa shape index (κ2) is 7.90. The lowest BCUT2D eigenvalue weighted by Gasteiger charge is -2.18. The van der Waals surface area contributed by atoms with E-state index in [1.54, 1.807) is 6.92 Å². The molecule has 0 unspecified atom stereocenters. The Morgan fingerprint density at radius 2 is 1.91 bits per heavy atom. The number of carbonyl (C=O) groups excluding carboxylic acids is 1. The van der Waals surface area contributed by atoms with Crippen molar-refractivity contribution >= 4 is 5.91 Å². The third-order valence-electron chi connectivity index (χ3n) is 3.78. The van der Waals surface area contributed by atoms with Gasteiger partial charge in [0.25, 0.3) is 0 Å². The number of amides is 1. The lowest BCUT2D eigenvalue weighted by Crippen LogP contribution is -2.31. The van der Waals surface area contributed by atoms with E-state index in [0.717, 1.165) is 12.8 Å². The Kier molecular flexibility index (Phi) is 5.90. The van der Waals surface area contributed by atoms with Crippen molar-refractivity contribution in [2.75, 3.05) is 0 Å². The number of rotatable bonds is 7. The highest BCUT2D eigenvalue weighted by Gasteiger charge is 2.23. The molecular formula is C18H25N3O2. The Hall–Kier alpha value is -2.17. The first kappa shape index (κ1) is 17.2. The molecule has 0 aliphatic heterocycles. The van der Waals surface area contributed by atoms with E-state index in [9.17, 15) is 4.79 Å². The monoisotopic (exact) mass is 315 g/mol. The molecule has 1 aromatic heterocycles. The normalized spacial score (nSPS) is 12.4. The van der Waals surface area contributed by atoms with E-state index in [1.165, 1.54) is 11.1 Å². The molecule has 2 aromatic rings. The number of benzene rings is 1. The van der Waals surface area contributed by atoms with Crippen LogP contribution in [0.4, 0.5) is 0 Å². The number of aromatic nitrogens is 2. The molecule has 0 spiro atoms. The van der Waals surface area contributed by atoms with Gasteiger partial charge in [0.1, 0.15) is 6.04 Å². The summed E-state index contributed by atoms with van der Waals surface area (Å²) in [5.41, 5.74) is 2.51. The van der Waals surface area contributed by atoms with Crippen LogP contribution in [0.1, 0.15) is 55.6 Å². The summed E-state index contributed by atoms with van der Waals surface area (Å²) in [7, 11) is 0. The van der Waals surface area contributed by atoms with Gasteiger partial charge in [0.2, 0.25) is 11.8 Å². The summed E-state index contributed by atoms with van der Waals surface area (Å²) in [5, 5.41) is 6.80. The number of aryl methyl sites for hydroxylation is 3. The molecule has 0 fully saturated rings. The van der Waals surface area contributed by atoms with E-state index in [2.05, 4.69) is 46.6 Å². The van der Waals surface area contributed by atoms with Gasteiger partial charge in [-0.15, -0.1) is 0 Å². The van der Waals surface area contributed by atoms with Crippen LogP contribution >= 0.6 is 0 Å². The molecule has 2 rings (SSSR count). The van der Waals surface area contributed by atoms with Crippen LogP contribution in [0.15, 0.2) is 28.8 Å². The summed E-state index contributed by atoms with van der Waals surface area (Å²) in [4.78, 5) is 16.4. The quantitative estimate of drug-likeness (QED) is 0.849. The maximum absolute atomic E-state index is 12.2. The van der Waals surface area contributed by atoms with Crippen LogP contribution in [0.3, 0.4) is 0 Å². The summed E-state index contributed by atoms with van der Waals surface area (Å²) < 4.78 is 5.20. The van der Waals surface area contributed by atoms with Gasteiger partial charge in [-0.05, 0) is 38.2 Å². The smallest absolute Gasteiger partial charge is 0.249 e. The molecule has 0 radical (unpaired) electrons. The second-order valence-electron chi connectivity index (χ2n) is 6.31. The zero-order valence-corrected chi connectivity index (χ0v) is 14.3. The molecule has 23 heavy (non-hydrogen) atoms. The molecule has 0 aliphatic carbocycles. The van der Waals surface area contributed by atoms with Gasteiger partial charge in [0, 0.05) is 6.42 Å². The molecular weight excluding hydrogens is 290 g/mol. The van der Waals surface area contributed by atoms with Crippen molar-refractivity contribution in [3.8, 4) is 0 Å². The lowest BCUT2D eigenvalue weighted by molar-refractivity contribution is -0.122. The second-order valence-corrected chi connectivity index (χ2v) is 6.31. The minimum Gasteiger partial charge on any atom is -0.344 e. The van der Waals surface area contributed by atoms with Gasteiger partial charge in [0.05, 0.1) is 0 Å². The van der Waals surface area contributed by atoms with Crippen LogP contribution in [0.2, 0.25) is 0 Å². The van der Waals surface area contributed by atoms with Crippen LogP contribution < -0.4 is 5.32 Å². The number of nitrogens with one attached hydrogen (secondary N) is 1. The van der Waals surface area contributed by atoms with Crippen molar-refractivity contribution in [2.24, 2.45) is 5.92 Å². The van der Waals surface area contributed by atoms with E-state index < -0.39 is 0 Å². The van der Waals surface area contributed by atoms with Crippen molar-refractivity contribution in [1.82, 2.24) is 15.5 Å². The van der Waals surface area contributed by atoms with Gasteiger partial charge in [-0.1, -0.05) is 48.8 Å². The summed E-state index contributed by atoms with van der Waals surface area (Å²) in [6.45, 7) is 7.89. The zero-order valence-electron chi connectivity index (χ0n) is 14.3. The van der Waals surface area contributed by atoms with Crippen molar-refractivity contribution in [3.05, 3.63) is 47.1 Å². The molecule has 1 atom stereocenters. The van der Waals surface area contributed by atoms with Crippen molar-refractivity contribution in [3.63, 3.8) is 0 Å². The summed E-state index contributed by atoms with van der Waals surface area (Å²) in [5.74, 6) is 1.27. The molecule has 0 aliphatic rings. The molecule has 0 saturated carbocycles. The Bertz CT molecular complexity index is 632. The molecule has 5 nitrogen and oxygen atoms in total. The Morgan fingerprint density at radius 1 is 1.22 bits per heavy atom. The molecule has 5 heteroatoms. The fourth-order valence-electron chi connectivity index (χ4n) is 2.41. The van der Waals surface area contributed by atoms with Crippen LogP contribution in [-0.2, 0) is 11.2 Å². The summed E-state index contributed by atoms with van der Waals surface area (Å²) in [6.07, 6.45) is 2.21. The van der Waals surface area contributed by atoms with Crippen LogP contribution in [0, 0.1) is 19.8 Å². The SMILES string of the molecule is Cc1ccc(CCCC(=O)N[C@H](c2nc(C)no2)C(C)C)cc1. The minimum absolute atomic E-state index is 0.0201. The van der Waals surface area contributed by atoms with E-state index >= 15 is 0 Å². The van der Waals surface area contributed by atoms with Gasteiger partial charge in [0.15, 0.2) is 5.82 Å². The number of hydrogen-bond acceptors (Lipinski definition) is 4. The van der Waals surface area contributed by atoms with Gasteiger partial charge in [-0.25, -0.2) is 0 Å². The molecule has 0 saturated heterocycles. The van der Waals surface area contributed by atoms with Crippen LogP contribution in [0.25, 0.3) is 0 Å². The molecule has 0 bridgehead atoms. The predicted molar refractivity (Wildman–Crippen MR) is 88.9 cm³/mol. The fourth-order valence-corrected chi connectivity index (χ4v) is 2.41. The lowest BCUT2D eigenvalue weighted by atomic mass is 10.0. The Balaban J connectivity index is 1.83. The molecule has 1 aromatic carbocycles. The van der Waals surface area contributed by atoms with Gasteiger partial charge >= 0.3 is 0 Å². The van der Waals surface area contributed by atoms with Gasteiger partial charge < -0.3 is 9.84 Å². The Morgan fingerprint density at radius 3 is 2.48 bits per heavy atom. The van der Waals surface area contributed by atoms with Crippen LogP contribution in [0.5, 0.6) is 0 Å². The fraction of sp³-hybridized carbons (Fsp3) is 0.500. The number of nitrogens with zero attached hydrogens (tertiary/aromatic N) is 2. The third kappa shape index (κ3) is 5.20. The predicted octanol–water partition coefficient (Wildman–Crippen LogP) is 3.52. The highest BCUT2D eigenvalue weighted by Crippen LogP contribution is 2.20. The van der Waals surface area contributed by atoms with E-state index in [1.807, 2.05) is 13.8 Å². The number of carbonyl (C=O) groups is 1. The topological polar surface area (TPSA) is 68.0 Å². The van der Waals surface area contributed by atoms with E-state index in [4.69, 9.17) is 4.52 Å². The minimum atomic E-state index is -0.233. The first-order valence-electron chi connectivity index (χ1n) is 8.11. The molecule has 1 heterocycles. The van der Waals surface area contributed by atoms with Crippen molar-refractivity contribution in [2.45, 2.75) is 53.0 Å². The van der Waals surface area contributed by atoms with E-state index in [-0.39, 0.29) is 17.9 Å². The molecule has 124 valence electrons. The van der Waals surface area contributed by atoms with E-state index in [0.29, 0.717) is 18.1 Å². The Labute approximate surface area is 137 Å². The first-order valence-corrected chi connectivity index (χ1v) is 8.11. The average molecular weight is 315 g/mol. The average Bonchev–Trinajstić information content (AvgIpc) is 2.93. The third-order valence-corrected chi connectivity index (χ3v) is 3.78. The van der Waals surface area contributed by atoms with Crippen LogP contribution in [-0.4, -0.2) is 16.0 Å². The van der Waals surface area contributed by atoms with Gasteiger partial charge in [-0.2, -0.15) is 4.98 Å². The van der Waals surface area contributed by atoms with Crippen molar-refractivity contribution in [1.29, 1.82) is 0 Å². The largest absolute Gasteiger partial charge is 0.344 e. The number of hydrogen-bond donors (Lipinski definition) is 1. The molecule has 1 amide bonds. The highest BCUT2D eigenvalue weighted by molar-refractivity contribution is 5.76. The van der Waals surface area contributed by atoms with Gasteiger partial charge in [-0.3, -0.25) is 4.79 Å². The maximum atomic E-state index is 12.2. The maximum Gasteiger partial charge on any atom is 0.249 e. The summed E-state index contributed by atoms with van der Waals surface area (Å²) in [6, 6.07) is 8.20. The highest BCUT2D eigenvalue weighted by atomic mass is 16.5.